The van der Waals surface area contributed by atoms with E-state index < -0.39 is 11.6 Å². The molecule has 0 saturated carbocycles. The summed E-state index contributed by atoms with van der Waals surface area (Å²) in [5, 5.41) is 12.7. The van der Waals surface area contributed by atoms with Crippen LogP contribution >= 0.6 is 11.8 Å². The molecule has 0 atom stereocenters. The van der Waals surface area contributed by atoms with Gasteiger partial charge in [0.1, 0.15) is 11.6 Å². The van der Waals surface area contributed by atoms with Crippen LogP contribution in [0.4, 0.5) is 14.5 Å². The third-order valence-electron chi connectivity index (χ3n) is 6.44. The number of piperidine rings is 1. The number of nitrogens with one attached hydrogen (secondary N) is 1. The summed E-state index contributed by atoms with van der Waals surface area (Å²) in [5.74, 6) is -0.944. The zero-order valence-corrected chi connectivity index (χ0v) is 17.9. The molecule has 2 aliphatic heterocycles. The molecule has 0 bridgehead atoms. The van der Waals surface area contributed by atoms with Crippen LogP contribution in [0.5, 0.6) is 0 Å². The third kappa shape index (κ3) is 3.73. The number of hydrogen-bond acceptors (Lipinski definition) is 4. The zero-order chi connectivity index (χ0) is 21.3. The quantitative estimate of drug-likeness (QED) is 0.646. The summed E-state index contributed by atoms with van der Waals surface area (Å²) in [5.41, 5.74) is 4.54. The molecule has 0 aromatic heterocycles. The molecule has 2 aromatic rings. The lowest BCUT2D eigenvalue weighted by molar-refractivity contribution is 0.179. The van der Waals surface area contributed by atoms with Crippen LogP contribution in [0.2, 0.25) is 0 Å². The molecule has 4 rings (SSSR count). The van der Waals surface area contributed by atoms with Gasteiger partial charge in [-0.2, -0.15) is 5.26 Å². The maximum Gasteiger partial charge on any atom is 0.139 e. The van der Waals surface area contributed by atoms with Gasteiger partial charge in [0.05, 0.1) is 16.5 Å². The molecular weight excluding hydrogens is 400 g/mol. The van der Waals surface area contributed by atoms with Gasteiger partial charge in [0.25, 0.3) is 0 Å². The Labute approximate surface area is 180 Å². The lowest BCUT2D eigenvalue weighted by Gasteiger charge is -2.40. The van der Waals surface area contributed by atoms with E-state index in [9.17, 15) is 14.0 Å². The molecule has 3 nitrogen and oxygen atoms in total. The molecule has 1 saturated heterocycles. The standard InChI is InChI=1S/C24H25F2N3S/c1-16-24(19-12-18(15-27)5-6-22(19)28-16)7-10-29(11-8-24)9-3-4-17-13-20(25)23(30-2)21(26)14-17/h5-6,12-14,28H,1,3-4,7-11H2,2H3. The SMILES string of the molecule is C=C1Nc2ccc(C#N)cc2C12CCN(CCCc1cc(F)c(SC)c(F)c1)CC2. The molecule has 2 aromatic carbocycles. The van der Waals surface area contributed by atoms with E-state index in [1.165, 1.54) is 17.7 Å². The van der Waals surface area contributed by atoms with E-state index in [0.717, 1.165) is 62.0 Å². The maximum absolute atomic E-state index is 14.0. The van der Waals surface area contributed by atoms with Gasteiger partial charge in [-0.05, 0) is 93.0 Å². The zero-order valence-electron chi connectivity index (χ0n) is 17.1. The summed E-state index contributed by atoms with van der Waals surface area (Å²) in [6.07, 6.45) is 5.10. The number of anilines is 1. The molecule has 1 N–H and O–H groups in total. The average molecular weight is 426 g/mol. The molecule has 156 valence electrons. The Bertz CT molecular complexity index is 997. The van der Waals surface area contributed by atoms with Crippen molar-refractivity contribution in [3.63, 3.8) is 0 Å². The predicted molar refractivity (Wildman–Crippen MR) is 118 cm³/mol. The first-order valence-electron chi connectivity index (χ1n) is 10.2. The average Bonchev–Trinajstić information content (AvgIpc) is 3.00. The van der Waals surface area contributed by atoms with Crippen LogP contribution in [0.25, 0.3) is 0 Å². The number of thioether (sulfide) groups is 1. The predicted octanol–water partition coefficient (Wildman–Crippen LogP) is 5.46. The van der Waals surface area contributed by atoms with Crippen LogP contribution < -0.4 is 5.32 Å². The molecule has 0 aliphatic carbocycles. The van der Waals surface area contributed by atoms with E-state index >= 15 is 0 Å². The molecule has 1 fully saturated rings. The van der Waals surface area contributed by atoms with Gasteiger partial charge >= 0.3 is 0 Å². The topological polar surface area (TPSA) is 39.1 Å². The number of likely N-dealkylation sites (tertiary alicyclic amines) is 1. The minimum atomic E-state index is -0.472. The summed E-state index contributed by atoms with van der Waals surface area (Å²) in [6, 6.07) is 11.0. The first-order chi connectivity index (χ1) is 14.5. The summed E-state index contributed by atoms with van der Waals surface area (Å²) in [7, 11) is 0. The van der Waals surface area contributed by atoms with Crippen molar-refractivity contribution in [2.75, 3.05) is 31.2 Å². The van der Waals surface area contributed by atoms with Gasteiger partial charge in [0, 0.05) is 16.8 Å². The molecule has 2 aliphatic rings. The molecule has 1 spiro atoms. The van der Waals surface area contributed by atoms with Gasteiger partial charge in [0.15, 0.2) is 0 Å². The highest BCUT2D eigenvalue weighted by molar-refractivity contribution is 7.98. The third-order valence-corrected chi connectivity index (χ3v) is 7.24. The van der Waals surface area contributed by atoms with Crippen molar-refractivity contribution < 1.29 is 8.78 Å². The van der Waals surface area contributed by atoms with Crippen molar-refractivity contribution in [1.29, 1.82) is 5.26 Å². The highest BCUT2D eigenvalue weighted by Gasteiger charge is 2.44. The molecule has 0 radical (unpaired) electrons. The second-order valence-electron chi connectivity index (χ2n) is 8.10. The summed E-state index contributed by atoms with van der Waals surface area (Å²) in [4.78, 5) is 2.50. The van der Waals surface area contributed by atoms with Crippen LogP contribution in [0.1, 0.15) is 36.0 Å². The van der Waals surface area contributed by atoms with Crippen LogP contribution in [-0.2, 0) is 11.8 Å². The highest BCUT2D eigenvalue weighted by Crippen LogP contribution is 2.49. The van der Waals surface area contributed by atoms with Crippen LogP contribution in [0.15, 0.2) is 47.5 Å². The lowest BCUT2D eigenvalue weighted by Crippen LogP contribution is -2.43. The minimum absolute atomic E-state index is 0.0883. The molecule has 0 amide bonds. The molecule has 30 heavy (non-hydrogen) atoms. The summed E-state index contributed by atoms with van der Waals surface area (Å²) in [6.45, 7) is 7.04. The normalized spacial score (nSPS) is 17.6. The molecular formula is C24H25F2N3S. The van der Waals surface area contributed by atoms with Gasteiger partial charge in [0.2, 0.25) is 0 Å². The van der Waals surface area contributed by atoms with Crippen LogP contribution in [-0.4, -0.2) is 30.8 Å². The van der Waals surface area contributed by atoms with Crippen LogP contribution in [0, 0.1) is 23.0 Å². The second kappa shape index (κ2) is 8.41. The minimum Gasteiger partial charge on any atom is -0.358 e. The van der Waals surface area contributed by atoms with Gasteiger partial charge in [-0.15, -0.1) is 11.8 Å². The Morgan fingerprint density at radius 2 is 1.90 bits per heavy atom. The van der Waals surface area contributed by atoms with Crippen molar-refractivity contribution in [2.24, 2.45) is 0 Å². The van der Waals surface area contributed by atoms with E-state index in [1.54, 1.807) is 6.26 Å². The number of rotatable bonds is 5. The number of benzene rings is 2. The van der Waals surface area contributed by atoms with E-state index in [2.05, 4.69) is 22.9 Å². The number of nitrogens with zero attached hydrogens (tertiary/aromatic N) is 2. The number of allylic oxidation sites excluding steroid dienone is 1. The Morgan fingerprint density at radius 3 is 2.53 bits per heavy atom. The Kier molecular flexibility index (Phi) is 5.86. The first kappa shape index (κ1) is 20.9. The summed E-state index contributed by atoms with van der Waals surface area (Å²) < 4.78 is 27.9. The fraction of sp³-hybridized carbons (Fsp3) is 0.375. The Hall–Kier alpha value is -2.36. The van der Waals surface area contributed by atoms with Crippen LogP contribution in [0.3, 0.4) is 0 Å². The molecule has 2 heterocycles. The van der Waals surface area contributed by atoms with Crippen molar-refractivity contribution in [2.45, 2.75) is 36.0 Å². The number of nitriles is 1. The highest BCUT2D eigenvalue weighted by atomic mass is 32.2. The first-order valence-corrected chi connectivity index (χ1v) is 11.4. The smallest absolute Gasteiger partial charge is 0.139 e. The number of fused-ring (bicyclic) bond motifs is 2. The number of halogens is 2. The van der Waals surface area contributed by atoms with Crippen molar-refractivity contribution >= 4 is 17.4 Å². The van der Waals surface area contributed by atoms with Gasteiger partial charge in [-0.25, -0.2) is 8.78 Å². The van der Waals surface area contributed by atoms with E-state index in [4.69, 9.17) is 0 Å². The van der Waals surface area contributed by atoms with Crippen molar-refractivity contribution in [1.82, 2.24) is 4.90 Å². The molecule has 6 heteroatoms. The van der Waals surface area contributed by atoms with Crippen molar-refractivity contribution in [3.05, 3.63) is 70.9 Å². The summed E-state index contributed by atoms with van der Waals surface area (Å²) >= 11 is 1.10. The van der Waals surface area contributed by atoms with E-state index in [1.807, 2.05) is 18.2 Å². The fourth-order valence-corrected chi connectivity index (χ4v) is 5.26. The van der Waals surface area contributed by atoms with E-state index in [-0.39, 0.29) is 10.3 Å². The van der Waals surface area contributed by atoms with Gasteiger partial charge in [-0.3, -0.25) is 0 Å². The van der Waals surface area contributed by atoms with Gasteiger partial charge in [-0.1, -0.05) is 6.58 Å². The van der Waals surface area contributed by atoms with E-state index in [0.29, 0.717) is 17.5 Å². The second-order valence-corrected chi connectivity index (χ2v) is 8.91. The van der Waals surface area contributed by atoms with Crippen molar-refractivity contribution in [3.8, 4) is 6.07 Å². The fourth-order valence-electron chi connectivity index (χ4n) is 4.75. The lowest BCUT2D eigenvalue weighted by atomic mass is 9.72. The number of aryl methyl sites for hydroxylation is 1. The monoisotopic (exact) mass is 425 g/mol. The molecule has 0 unspecified atom stereocenters. The largest absolute Gasteiger partial charge is 0.358 e. The Morgan fingerprint density at radius 1 is 1.20 bits per heavy atom. The maximum atomic E-state index is 14.0. The number of hydrogen-bond donors (Lipinski definition) is 1. The Balaban J connectivity index is 1.36. The van der Waals surface area contributed by atoms with Gasteiger partial charge < -0.3 is 10.2 Å².